The Morgan fingerprint density at radius 1 is 0.643 bits per heavy atom. The van der Waals surface area contributed by atoms with Crippen LogP contribution in [-0.2, 0) is 43.6 Å². The van der Waals surface area contributed by atoms with Crippen molar-refractivity contribution in [1.82, 2.24) is 0 Å². The second kappa shape index (κ2) is 16.0. The molecule has 1 aliphatic rings. The van der Waals surface area contributed by atoms with Crippen LogP contribution in [0.1, 0.15) is 36.5 Å². The Bertz CT molecular complexity index is 1250. The Hall–Kier alpha value is -3.85. The van der Waals surface area contributed by atoms with Gasteiger partial charge >= 0.3 is 5.97 Å². The van der Waals surface area contributed by atoms with Crippen molar-refractivity contribution in [3.63, 3.8) is 0 Å². The van der Waals surface area contributed by atoms with Crippen LogP contribution >= 0.6 is 0 Å². The highest BCUT2D eigenvalue weighted by molar-refractivity contribution is 5.69. The molecule has 0 saturated heterocycles. The van der Waals surface area contributed by atoms with Gasteiger partial charge < -0.3 is 33.2 Å². The summed E-state index contributed by atoms with van der Waals surface area (Å²) in [5.74, 6) is 2.02. The lowest BCUT2D eigenvalue weighted by atomic mass is 10.0. The molecule has 224 valence electrons. The van der Waals surface area contributed by atoms with Gasteiger partial charge in [0, 0.05) is 6.42 Å². The molecule has 0 bridgehead atoms. The predicted octanol–water partition coefficient (Wildman–Crippen LogP) is 6.05. The summed E-state index contributed by atoms with van der Waals surface area (Å²) < 4.78 is 40.7. The van der Waals surface area contributed by atoms with Gasteiger partial charge in [0.05, 0.1) is 47.3 Å². The molecule has 4 rings (SSSR count). The van der Waals surface area contributed by atoms with E-state index in [-0.39, 0.29) is 18.5 Å². The van der Waals surface area contributed by atoms with Gasteiger partial charge in [-0.15, -0.1) is 0 Å². The fourth-order valence-electron chi connectivity index (χ4n) is 4.57. The van der Waals surface area contributed by atoms with Crippen molar-refractivity contribution in [2.45, 2.75) is 64.0 Å². The summed E-state index contributed by atoms with van der Waals surface area (Å²) in [6.07, 6.45) is 2.71. The van der Waals surface area contributed by atoms with Crippen molar-refractivity contribution in [3.05, 3.63) is 102 Å². The third-order valence-electron chi connectivity index (χ3n) is 7.08. The molecule has 0 spiro atoms. The number of carbonyl (C=O) groups excluding carboxylic acids is 1. The molecule has 1 heterocycles. The van der Waals surface area contributed by atoms with Gasteiger partial charge in [0.15, 0.2) is 0 Å². The van der Waals surface area contributed by atoms with Gasteiger partial charge in [0.2, 0.25) is 0 Å². The lowest BCUT2D eigenvalue weighted by molar-refractivity contribution is -0.167. The van der Waals surface area contributed by atoms with Crippen LogP contribution in [0.3, 0.4) is 0 Å². The molecule has 0 aliphatic carbocycles. The number of ether oxygens (including phenoxy) is 7. The smallest absolute Gasteiger partial charge is 0.306 e. The lowest BCUT2D eigenvalue weighted by Gasteiger charge is -2.31. The normalized spacial score (nSPS) is 21.7. The van der Waals surface area contributed by atoms with Crippen LogP contribution in [0.4, 0.5) is 0 Å². The summed E-state index contributed by atoms with van der Waals surface area (Å²) in [5.41, 5.74) is 2.95. The highest BCUT2D eigenvalue weighted by atomic mass is 16.6. The minimum atomic E-state index is -0.564. The van der Waals surface area contributed by atoms with Crippen LogP contribution in [0.5, 0.6) is 17.2 Å². The predicted molar refractivity (Wildman–Crippen MR) is 159 cm³/mol. The van der Waals surface area contributed by atoms with Gasteiger partial charge in [-0.3, -0.25) is 4.79 Å². The third-order valence-corrected chi connectivity index (χ3v) is 7.08. The molecular formula is C34H40O8. The molecule has 42 heavy (non-hydrogen) atoms. The Balaban J connectivity index is 1.53. The third kappa shape index (κ3) is 9.34. The van der Waals surface area contributed by atoms with Gasteiger partial charge in [-0.05, 0) is 66.4 Å². The van der Waals surface area contributed by atoms with Crippen molar-refractivity contribution in [2.24, 2.45) is 0 Å². The van der Waals surface area contributed by atoms with Crippen LogP contribution in [-0.4, -0.2) is 51.7 Å². The number of hydrogen-bond donors (Lipinski definition) is 0. The number of hydrogen-bond acceptors (Lipinski definition) is 8. The molecule has 0 aromatic heterocycles. The minimum Gasteiger partial charge on any atom is -0.497 e. The summed E-state index contributed by atoms with van der Waals surface area (Å²) in [5, 5.41) is 0. The van der Waals surface area contributed by atoms with E-state index < -0.39 is 18.3 Å². The van der Waals surface area contributed by atoms with E-state index in [9.17, 15) is 4.79 Å². The zero-order valence-corrected chi connectivity index (χ0v) is 24.7. The number of carbonyl (C=O) groups is 1. The maximum absolute atomic E-state index is 12.8. The van der Waals surface area contributed by atoms with Crippen LogP contribution in [0.25, 0.3) is 0 Å². The van der Waals surface area contributed by atoms with Crippen molar-refractivity contribution < 1.29 is 38.0 Å². The highest BCUT2D eigenvalue weighted by Crippen LogP contribution is 2.23. The molecule has 0 saturated carbocycles. The molecule has 8 nitrogen and oxygen atoms in total. The molecule has 8 heteroatoms. The first-order valence-corrected chi connectivity index (χ1v) is 14.1. The fraction of sp³-hybridized carbons (Fsp3) is 0.382. The van der Waals surface area contributed by atoms with E-state index in [2.05, 4.69) is 0 Å². The zero-order chi connectivity index (χ0) is 29.7. The summed E-state index contributed by atoms with van der Waals surface area (Å²) >= 11 is 0. The Morgan fingerprint density at radius 2 is 1.10 bits per heavy atom. The van der Waals surface area contributed by atoms with E-state index in [4.69, 9.17) is 33.2 Å². The van der Waals surface area contributed by atoms with Crippen molar-refractivity contribution in [1.29, 1.82) is 0 Å². The summed E-state index contributed by atoms with van der Waals surface area (Å²) in [4.78, 5) is 12.8. The Kier molecular flexibility index (Phi) is 11.8. The first-order chi connectivity index (χ1) is 20.5. The van der Waals surface area contributed by atoms with Crippen LogP contribution in [0, 0.1) is 0 Å². The van der Waals surface area contributed by atoms with E-state index in [1.165, 1.54) is 0 Å². The second-order valence-electron chi connectivity index (χ2n) is 10.1. The number of esters is 1. The number of methoxy groups -OCH3 is 3. The Morgan fingerprint density at radius 3 is 1.57 bits per heavy atom. The molecule has 0 amide bonds. The lowest BCUT2D eigenvalue weighted by Crippen LogP contribution is -2.42. The quantitative estimate of drug-likeness (QED) is 0.190. The van der Waals surface area contributed by atoms with E-state index in [0.717, 1.165) is 33.9 Å². The number of rotatable bonds is 12. The Labute approximate surface area is 248 Å². The minimum absolute atomic E-state index is 0.227. The van der Waals surface area contributed by atoms with Gasteiger partial charge in [0.25, 0.3) is 0 Å². The molecule has 4 atom stereocenters. The fourth-order valence-corrected chi connectivity index (χ4v) is 4.57. The molecule has 3 aromatic rings. The van der Waals surface area contributed by atoms with E-state index in [0.29, 0.717) is 26.2 Å². The van der Waals surface area contributed by atoms with E-state index >= 15 is 0 Å². The summed E-state index contributed by atoms with van der Waals surface area (Å²) in [7, 11) is 4.90. The van der Waals surface area contributed by atoms with Crippen molar-refractivity contribution in [3.8, 4) is 17.2 Å². The van der Waals surface area contributed by atoms with E-state index in [1.54, 1.807) is 21.3 Å². The number of benzene rings is 3. The van der Waals surface area contributed by atoms with Gasteiger partial charge in [-0.2, -0.15) is 0 Å². The molecule has 0 unspecified atom stereocenters. The van der Waals surface area contributed by atoms with Crippen LogP contribution in [0.2, 0.25) is 0 Å². The largest absolute Gasteiger partial charge is 0.497 e. The highest BCUT2D eigenvalue weighted by Gasteiger charge is 2.31. The maximum atomic E-state index is 12.8. The molecule has 0 radical (unpaired) electrons. The summed E-state index contributed by atoms with van der Waals surface area (Å²) in [6, 6.07) is 23.1. The number of cyclic esters (lactones) is 1. The molecular weight excluding hydrogens is 536 g/mol. The average molecular weight is 577 g/mol. The monoisotopic (exact) mass is 576 g/mol. The topological polar surface area (TPSA) is 81.7 Å². The van der Waals surface area contributed by atoms with Gasteiger partial charge in [-0.1, -0.05) is 48.6 Å². The zero-order valence-electron chi connectivity index (χ0n) is 24.7. The van der Waals surface area contributed by atoms with Crippen molar-refractivity contribution in [2.75, 3.05) is 21.3 Å². The average Bonchev–Trinajstić information content (AvgIpc) is 3.03. The summed E-state index contributed by atoms with van der Waals surface area (Å²) in [6.45, 7) is 2.87. The van der Waals surface area contributed by atoms with Crippen molar-refractivity contribution >= 4 is 5.97 Å². The van der Waals surface area contributed by atoms with Crippen LogP contribution < -0.4 is 14.2 Å². The van der Waals surface area contributed by atoms with Gasteiger partial charge in [-0.25, -0.2) is 0 Å². The molecule has 0 N–H and O–H groups in total. The van der Waals surface area contributed by atoms with Gasteiger partial charge in [0.1, 0.15) is 35.6 Å². The van der Waals surface area contributed by atoms with E-state index in [1.807, 2.05) is 91.9 Å². The second-order valence-corrected chi connectivity index (χ2v) is 10.1. The first-order valence-electron chi connectivity index (χ1n) is 14.1. The van der Waals surface area contributed by atoms with Crippen LogP contribution in [0.15, 0.2) is 84.9 Å². The standard InChI is InChI=1S/C34H40O8/c1-24-34(41-23-27-9-15-30(38-4)16-10-27)32(40-22-26-7-13-29(37-3)14-8-26)19-17-31(18-20-33(35)42-24)39-21-25-5-11-28(36-2)12-6-25/h5-17,19,24,31-32,34H,18,20-23H2,1-4H3/b19-17+/t24-,31+,32-,34-/m0/s1. The molecule has 0 fully saturated rings. The SMILES string of the molecule is COc1ccc(CO[C@H]2[C@H](C)OC(=O)CC[C@H](OCc3ccc(OC)cc3)/C=C/[C@@H]2OCc2ccc(OC)cc2)cc1. The molecule has 1 aliphatic heterocycles. The molecule has 3 aromatic carbocycles. The maximum Gasteiger partial charge on any atom is 0.306 e. The first kappa shape index (κ1) is 31.1.